The number of fused-ring (bicyclic) bond motifs is 1. The summed E-state index contributed by atoms with van der Waals surface area (Å²) >= 11 is 5.78. The molecular formula is C21H35BrINO4Si. The third kappa shape index (κ3) is 5.13. The molecule has 1 aromatic rings. The minimum atomic E-state index is -2.12. The first-order valence-corrected chi connectivity index (χ1v) is 15.3. The average Bonchev–Trinajstić information content (AvgIpc) is 2.59. The lowest BCUT2D eigenvalue weighted by atomic mass is 9.76. The van der Waals surface area contributed by atoms with Crippen LogP contribution in [-0.2, 0) is 15.7 Å². The topological polar surface area (TPSA) is 49.7 Å². The van der Waals surface area contributed by atoms with Crippen molar-refractivity contribution in [1.29, 1.82) is 0 Å². The van der Waals surface area contributed by atoms with Crippen LogP contribution in [0.4, 0.5) is 0 Å². The number of ether oxygens (including phenoxy) is 2. The van der Waals surface area contributed by atoms with Gasteiger partial charge in [-0.25, -0.2) is 0 Å². The van der Waals surface area contributed by atoms with Crippen molar-refractivity contribution in [2.75, 3.05) is 18.1 Å². The van der Waals surface area contributed by atoms with Crippen LogP contribution in [0.25, 0.3) is 0 Å². The third-order valence-corrected chi connectivity index (χ3v) is 12.1. The lowest BCUT2D eigenvalue weighted by Gasteiger charge is -2.50. The Labute approximate surface area is 198 Å². The first-order valence-electron chi connectivity index (χ1n) is 10.1. The Hall–Kier alpha value is 0.0969. The van der Waals surface area contributed by atoms with Gasteiger partial charge in [-0.2, -0.15) is 0 Å². The molecule has 0 fully saturated rings. The zero-order valence-electron chi connectivity index (χ0n) is 18.9. The summed E-state index contributed by atoms with van der Waals surface area (Å²) in [5.41, 5.74) is 0.376. The maximum Gasteiger partial charge on any atom is 0.237 e. The zero-order chi connectivity index (χ0) is 22.2. The Morgan fingerprint density at radius 1 is 1.34 bits per heavy atom. The molecule has 2 atom stereocenters. The van der Waals surface area contributed by atoms with Crippen LogP contribution in [-0.4, -0.2) is 37.1 Å². The van der Waals surface area contributed by atoms with Crippen LogP contribution in [0.5, 0.6) is 5.75 Å². The molecule has 0 radical (unpaired) electrons. The minimum Gasteiger partial charge on any atom is -0.491 e. The molecule has 0 saturated carbocycles. The van der Waals surface area contributed by atoms with Crippen molar-refractivity contribution in [3.8, 4) is 5.75 Å². The number of hydrogen-bond donors (Lipinski definition) is 0. The van der Waals surface area contributed by atoms with Crippen LogP contribution in [0.15, 0.2) is 15.5 Å². The van der Waals surface area contributed by atoms with E-state index in [0.717, 1.165) is 23.1 Å². The van der Waals surface area contributed by atoms with E-state index in [1.807, 2.05) is 6.20 Å². The van der Waals surface area contributed by atoms with E-state index in [2.05, 4.69) is 90.8 Å². The predicted molar refractivity (Wildman–Crippen MR) is 133 cm³/mol. The van der Waals surface area contributed by atoms with Gasteiger partial charge in [0.25, 0.3) is 0 Å². The summed E-state index contributed by atoms with van der Waals surface area (Å²) in [6.45, 7) is 17.0. The summed E-state index contributed by atoms with van der Waals surface area (Å²) in [5.74, 6) is 0.363. The van der Waals surface area contributed by atoms with Gasteiger partial charge < -0.3 is 18.5 Å². The molecule has 1 aromatic heterocycles. The van der Waals surface area contributed by atoms with E-state index >= 15 is 0 Å². The van der Waals surface area contributed by atoms with Crippen LogP contribution in [0.2, 0.25) is 18.1 Å². The van der Waals surface area contributed by atoms with Crippen molar-refractivity contribution < 1.29 is 13.9 Å². The van der Waals surface area contributed by atoms with Gasteiger partial charge in [0, 0.05) is 29.2 Å². The number of hydrogen-bond acceptors (Lipinski definition) is 4. The van der Waals surface area contributed by atoms with E-state index in [1.54, 1.807) is 7.11 Å². The lowest BCUT2D eigenvalue weighted by molar-refractivity contribution is -0.107. The van der Waals surface area contributed by atoms with Gasteiger partial charge in [0.2, 0.25) is 5.43 Å². The highest BCUT2D eigenvalue weighted by molar-refractivity contribution is 14.1. The second kappa shape index (κ2) is 9.30. The fourth-order valence-corrected chi connectivity index (χ4v) is 5.50. The van der Waals surface area contributed by atoms with Crippen molar-refractivity contribution in [2.24, 2.45) is 5.41 Å². The Bertz CT molecular complexity index is 788. The maximum absolute atomic E-state index is 12.8. The van der Waals surface area contributed by atoms with Crippen molar-refractivity contribution in [3.05, 3.63) is 26.6 Å². The molecule has 0 spiro atoms. The van der Waals surface area contributed by atoms with Gasteiger partial charge in [-0.3, -0.25) is 4.79 Å². The number of pyridine rings is 1. The van der Waals surface area contributed by atoms with Gasteiger partial charge in [-0.05, 0) is 40.5 Å². The highest BCUT2D eigenvalue weighted by Gasteiger charge is 2.51. The number of nitrogens with zero attached hydrogens (tertiary/aromatic N) is 1. The van der Waals surface area contributed by atoms with Crippen LogP contribution in [0.1, 0.15) is 52.8 Å². The Kier molecular flexibility index (Phi) is 8.13. The summed E-state index contributed by atoms with van der Waals surface area (Å²) in [4.78, 5) is 12.8. The van der Waals surface area contributed by atoms with Gasteiger partial charge in [0.05, 0.1) is 29.5 Å². The van der Waals surface area contributed by atoms with Crippen molar-refractivity contribution in [2.45, 2.75) is 77.9 Å². The molecule has 0 bridgehead atoms. The molecule has 1 aliphatic heterocycles. The van der Waals surface area contributed by atoms with E-state index in [1.165, 1.54) is 0 Å². The van der Waals surface area contributed by atoms with Gasteiger partial charge in [0.15, 0.2) is 14.1 Å². The van der Waals surface area contributed by atoms with Crippen LogP contribution < -0.4 is 10.2 Å². The van der Waals surface area contributed by atoms with Crippen molar-refractivity contribution in [3.63, 3.8) is 0 Å². The standard InChI is InChI=1S/C21H35BrINO4Si/c1-20(2,3)29(7,8)28-19-16-18(26-6)17(25)14(22)12-24(16)13-15(21(19,4)5)27-11-9-10-23/h12,15,19H,9-11,13H2,1-8H3. The summed E-state index contributed by atoms with van der Waals surface area (Å²) in [7, 11) is -0.564. The van der Waals surface area contributed by atoms with Crippen LogP contribution >= 0.6 is 38.5 Å². The van der Waals surface area contributed by atoms with E-state index in [0.29, 0.717) is 16.8 Å². The van der Waals surface area contributed by atoms with E-state index in [-0.39, 0.29) is 28.1 Å². The summed E-state index contributed by atoms with van der Waals surface area (Å²) < 4.78 is 22.6. The second-order valence-electron chi connectivity index (χ2n) is 9.86. The molecule has 0 amide bonds. The monoisotopic (exact) mass is 599 g/mol. The fraction of sp³-hybridized carbons (Fsp3) is 0.762. The van der Waals surface area contributed by atoms with Gasteiger partial charge in [-0.15, -0.1) is 0 Å². The summed E-state index contributed by atoms with van der Waals surface area (Å²) in [6.07, 6.45) is 2.56. The fourth-order valence-electron chi connectivity index (χ4n) is 3.40. The van der Waals surface area contributed by atoms with Crippen LogP contribution in [0, 0.1) is 5.41 Å². The second-order valence-corrected chi connectivity index (χ2v) is 16.5. The highest BCUT2D eigenvalue weighted by Crippen LogP contribution is 2.51. The molecule has 2 heterocycles. The van der Waals surface area contributed by atoms with E-state index < -0.39 is 8.32 Å². The van der Waals surface area contributed by atoms with Gasteiger partial charge in [0.1, 0.15) is 0 Å². The normalized spacial score (nSPS) is 21.7. The molecule has 8 heteroatoms. The van der Waals surface area contributed by atoms with Crippen LogP contribution in [0.3, 0.4) is 0 Å². The molecule has 1 aliphatic rings. The molecule has 166 valence electrons. The first-order chi connectivity index (χ1) is 13.3. The molecule has 0 N–H and O–H groups in total. The molecule has 0 aromatic carbocycles. The Morgan fingerprint density at radius 2 is 1.97 bits per heavy atom. The SMILES string of the molecule is COc1c2n(cc(Br)c1=O)CC(OCCCI)C(C)(C)C2O[Si](C)(C)C(C)(C)C. The smallest absolute Gasteiger partial charge is 0.237 e. The Balaban J connectivity index is 2.64. The predicted octanol–water partition coefficient (Wildman–Crippen LogP) is 5.93. The number of methoxy groups -OCH3 is 1. The van der Waals surface area contributed by atoms with Crippen molar-refractivity contribution in [1.82, 2.24) is 4.57 Å². The number of rotatable bonds is 7. The minimum absolute atomic E-state index is 0.0215. The lowest BCUT2D eigenvalue weighted by Crippen LogP contribution is -2.52. The van der Waals surface area contributed by atoms with Gasteiger partial charge in [-0.1, -0.05) is 57.2 Å². The summed E-state index contributed by atoms with van der Waals surface area (Å²) in [5, 5.41) is 0.0474. The molecule has 2 rings (SSSR count). The quantitative estimate of drug-likeness (QED) is 0.169. The maximum atomic E-state index is 12.8. The first kappa shape index (κ1) is 25.4. The number of halogens is 2. The van der Waals surface area contributed by atoms with Crippen molar-refractivity contribution >= 4 is 46.8 Å². The largest absolute Gasteiger partial charge is 0.491 e. The molecule has 0 aliphatic carbocycles. The van der Waals surface area contributed by atoms with E-state index in [9.17, 15) is 4.79 Å². The Morgan fingerprint density at radius 3 is 2.48 bits per heavy atom. The zero-order valence-corrected chi connectivity index (χ0v) is 23.6. The summed E-state index contributed by atoms with van der Waals surface area (Å²) in [6, 6.07) is 0. The molecule has 5 nitrogen and oxygen atoms in total. The molecule has 2 unspecified atom stereocenters. The molecular weight excluding hydrogens is 565 g/mol. The average molecular weight is 600 g/mol. The highest BCUT2D eigenvalue weighted by atomic mass is 127. The molecule has 29 heavy (non-hydrogen) atoms. The number of aromatic nitrogens is 1. The number of alkyl halides is 1. The third-order valence-electron chi connectivity index (χ3n) is 6.37. The van der Waals surface area contributed by atoms with E-state index in [4.69, 9.17) is 13.9 Å². The van der Waals surface area contributed by atoms with Gasteiger partial charge >= 0.3 is 0 Å². The molecule has 0 saturated heterocycles.